The first-order chi connectivity index (χ1) is 14.5. The average molecular weight is 423 g/mol. The Morgan fingerprint density at radius 3 is 2.47 bits per heavy atom. The van der Waals surface area contributed by atoms with Crippen LogP contribution in [0, 0.1) is 6.92 Å². The molecule has 2 unspecified atom stereocenters. The Kier molecular flexibility index (Phi) is 4.57. The van der Waals surface area contributed by atoms with Crippen molar-refractivity contribution in [3.05, 3.63) is 72.3 Å². The monoisotopic (exact) mass is 422 g/mol. The lowest BCUT2D eigenvalue weighted by atomic mass is 10.1. The zero-order valence-electron chi connectivity index (χ0n) is 16.5. The molecule has 3 heterocycles. The van der Waals surface area contributed by atoms with Crippen LogP contribution < -0.4 is 10.2 Å². The molecule has 2 fully saturated rings. The Balaban J connectivity index is 1.44. The standard InChI is InChI=1S/C22H22N4O3S/c1-16-7-9-19(10-8-16)30(27,28)29-22-13-18(23-15-22)14-26(22)21-12-11-20(24-25-21)17-5-3-2-4-6-17/h2-12,18,23H,13-15H2,1H3. The molecule has 2 aromatic carbocycles. The van der Waals surface area contributed by atoms with E-state index in [4.69, 9.17) is 4.18 Å². The van der Waals surface area contributed by atoms with Crippen LogP contribution in [0.15, 0.2) is 71.6 Å². The maximum Gasteiger partial charge on any atom is 0.299 e. The van der Waals surface area contributed by atoms with Gasteiger partial charge in [0.2, 0.25) is 0 Å². The highest BCUT2D eigenvalue weighted by molar-refractivity contribution is 7.86. The summed E-state index contributed by atoms with van der Waals surface area (Å²) in [4.78, 5) is 2.07. The van der Waals surface area contributed by atoms with E-state index in [0.29, 0.717) is 25.3 Å². The zero-order valence-corrected chi connectivity index (χ0v) is 17.3. The fourth-order valence-electron chi connectivity index (χ4n) is 4.15. The van der Waals surface area contributed by atoms with Crippen LogP contribution in [0.1, 0.15) is 12.0 Å². The smallest absolute Gasteiger partial charge is 0.299 e. The van der Waals surface area contributed by atoms with Gasteiger partial charge in [0.05, 0.1) is 10.6 Å². The van der Waals surface area contributed by atoms with Crippen LogP contribution in [-0.4, -0.2) is 43.5 Å². The summed E-state index contributed by atoms with van der Waals surface area (Å²) >= 11 is 0. The maximum absolute atomic E-state index is 13.0. The first-order valence-corrected chi connectivity index (χ1v) is 11.3. The van der Waals surface area contributed by atoms with Gasteiger partial charge in [0, 0.05) is 31.1 Å². The van der Waals surface area contributed by atoms with Gasteiger partial charge in [0.15, 0.2) is 11.5 Å². The van der Waals surface area contributed by atoms with Crippen LogP contribution in [0.5, 0.6) is 0 Å². The number of rotatable bonds is 5. The van der Waals surface area contributed by atoms with Crippen molar-refractivity contribution in [2.45, 2.75) is 30.0 Å². The molecule has 2 atom stereocenters. The third-order valence-corrected chi connectivity index (χ3v) is 7.08. The van der Waals surface area contributed by atoms with Crippen LogP contribution >= 0.6 is 0 Å². The van der Waals surface area contributed by atoms with E-state index in [1.54, 1.807) is 24.3 Å². The molecule has 0 radical (unpaired) electrons. The molecule has 154 valence electrons. The van der Waals surface area contributed by atoms with Gasteiger partial charge in [0.1, 0.15) is 0 Å². The first-order valence-electron chi connectivity index (χ1n) is 9.88. The van der Waals surface area contributed by atoms with Crippen molar-refractivity contribution in [1.29, 1.82) is 0 Å². The number of nitrogens with zero attached hydrogens (tertiary/aromatic N) is 3. The normalized spacial score (nSPS) is 23.1. The van der Waals surface area contributed by atoms with Gasteiger partial charge in [-0.3, -0.25) is 0 Å². The minimum atomic E-state index is -3.93. The van der Waals surface area contributed by atoms with E-state index < -0.39 is 15.8 Å². The van der Waals surface area contributed by atoms with Crippen LogP contribution in [-0.2, 0) is 14.3 Å². The quantitative estimate of drug-likeness (QED) is 0.633. The fourth-order valence-corrected chi connectivity index (χ4v) is 5.35. The molecular formula is C22H22N4O3S. The minimum Gasteiger partial charge on any atom is -0.323 e. The van der Waals surface area contributed by atoms with Crippen molar-refractivity contribution in [3.8, 4) is 11.3 Å². The molecule has 0 aliphatic carbocycles. The van der Waals surface area contributed by atoms with Gasteiger partial charge in [-0.1, -0.05) is 48.0 Å². The lowest BCUT2D eigenvalue weighted by molar-refractivity contribution is 0.104. The number of anilines is 1. The third-order valence-electron chi connectivity index (χ3n) is 5.70. The summed E-state index contributed by atoms with van der Waals surface area (Å²) in [5, 5.41) is 12.1. The van der Waals surface area contributed by atoms with Crippen LogP contribution in [0.4, 0.5) is 5.82 Å². The van der Waals surface area contributed by atoms with Crippen molar-refractivity contribution in [2.75, 3.05) is 18.0 Å². The van der Waals surface area contributed by atoms with E-state index >= 15 is 0 Å². The van der Waals surface area contributed by atoms with E-state index in [0.717, 1.165) is 16.8 Å². The van der Waals surface area contributed by atoms with E-state index in [9.17, 15) is 8.42 Å². The number of benzene rings is 2. The highest BCUT2D eigenvalue weighted by atomic mass is 32.2. The van der Waals surface area contributed by atoms with Gasteiger partial charge < -0.3 is 10.2 Å². The van der Waals surface area contributed by atoms with E-state index in [2.05, 4.69) is 15.5 Å². The SMILES string of the molecule is Cc1ccc(S(=O)(=O)OC23CNC(CN2c2ccc(-c4ccccc4)nn2)C3)cc1. The second kappa shape index (κ2) is 7.16. The predicted octanol–water partition coefficient (Wildman–Crippen LogP) is 2.74. The molecule has 2 aliphatic rings. The summed E-state index contributed by atoms with van der Waals surface area (Å²) in [6.45, 7) is 2.94. The van der Waals surface area contributed by atoms with E-state index in [1.165, 1.54) is 0 Å². The number of hydrogen-bond donors (Lipinski definition) is 1. The van der Waals surface area contributed by atoms with Gasteiger partial charge in [0.25, 0.3) is 10.1 Å². The number of hydrogen-bond acceptors (Lipinski definition) is 7. The van der Waals surface area contributed by atoms with Gasteiger partial charge in [-0.05, 0) is 31.2 Å². The molecule has 0 saturated carbocycles. The summed E-state index contributed by atoms with van der Waals surface area (Å²) in [7, 11) is -3.93. The number of fused-ring (bicyclic) bond motifs is 2. The van der Waals surface area contributed by atoms with Crippen LogP contribution in [0.25, 0.3) is 11.3 Å². The molecule has 8 heteroatoms. The topological polar surface area (TPSA) is 84.4 Å². The minimum absolute atomic E-state index is 0.147. The van der Waals surface area contributed by atoms with Crippen LogP contribution in [0.2, 0.25) is 0 Å². The van der Waals surface area contributed by atoms with Gasteiger partial charge in [-0.15, -0.1) is 10.2 Å². The van der Waals surface area contributed by atoms with E-state index in [1.807, 2.05) is 54.3 Å². The second-order valence-electron chi connectivity index (χ2n) is 7.83. The molecule has 7 nitrogen and oxygen atoms in total. The third kappa shape index (κ3) is 3.36. The van der Waals surface area contributed by atoms with Crippen LogP contribution in [0.3, 0.4) is 0 Å². The molecule has 0 amide bonds. The Morgan fingerprint density at radius 1 is 1.03 bits per heavy atom. The highest BCUT2D eigenvalue weighted by Crippen LogP contribution is 2.40. The first kappa shape index (κ1) is 19.2. The lowest BCUT2D eigenvalue weighted by Gasteiger charge is -2.38. The maximum atomic E-state index is 13.0. The summed E-state index contributed by atoms with van der Waals surface area (Å²) < 4.78 is 31.8. The number of piperazine rings is 1. The molecule has 5 rings (SSSR count). The Morgan fingerprint density at radius 2 is 1.80 bits per heavy atom. The molecule has 30 heavy (non-hydrogen) atoms. The number of aryl methyl sites for hydroxylation is 1. The highest BCUT2D eigenvalue weighted by Gasteiger charge is 2.55. The largest absolute Gasteiger partial charge is 0.323 e. The second-order valence-corrected chi connectivity index (χ2v) is 9.38. The van der Waals surface area contributed by atoms with Crippen molar-refractivity contribution in [3.63, 3.8) is 0 Å². The molecule has 0 spiro atoms. The number of aromatic nitrogens is 2. The summed E-state index contributed by atoms with van der Waals surface area (Å²) in [5.74, 6) is 0.609. The fraction of sp³-hybridized carbons (Fsp3) is 0.273. The van der Waals surface area contributed by atoms with E-state index in [-0.39, 0.29) is 10.9 Å². The number of nitrogens with one attached hydrogen (secondary N) is 1. The van der Waals surface area contributed by atoms with Crippen molar-refractivity contribution in [2.24, 2.45) is 0 Å². The van der Waals surface area contributed by atoms with Gasteiger partial charge in [-0.25, -0.2) is 4.18 Å². The lowest BCUT2D eigenvalue weighted by Crippen LogP contribution is -2.55. The molecule has 2 saturated heterocycles. The summed E-state index contributed by atoms with van der Waals surface area (Å²) in [6.07, 6.45) is 0.570. The summed E-state index contributed by atoms with van der Waals surface area (Å²) in [5.41, 5.74) is 1.74. The Labute approximate surface area is 175 Å². The van der Waals surface area contributed by atoms with Crippen molar-refractivity contribution in [1.82, 2.24) is 15.5 Å². The summed E-state index contributed by atoms with van der Waals surface area (Å²) in [6, 6.07) is 20.4. The van der Waals surface area contributed by atoms with Crippen molar-refractivity contribution < 1.29 is 12.6 Å². The predicted molar refractivity (Wildman–Crippen MR) is 113 cm³/mol. The van der Waals surface area contributed by atoms with Gasteiger partial charge >= 0.3 is 0 Å². The Hall–Kier alpha value is -2.81. The zero-order chi connectivity index (χ0) is 20.8. The molecular weight excluding hydrogens is 400 g/mol. The average Bonchev–Trinajstić information content (AvgIpc) is 3.32. The Bertz CT molecular complexity index is 1150. The molecule has 2 aliphatic heterocycles. The molecule has 1 N–H and O–H groups in total. The molecule has 3 aromatic rings. The molecule has 1 aromatic heterocycles. The van der Waals surface area contributed by atoms with Gasteiger partial charge in [-0.2, -0.15) is 8.42 Å². The van der Waals surface area contributed by atoms with Crippen molar-refractivity contribution >= 4 is 15.9 Å². The molecule has 2 bridgehead atoms.